The van der Waals surface area contributed by atoms with E-state index in [-0.39, 0.29) is 17.5 Å². The summed E-state index contributed by atoms with van der Waals surface area (Å²) in [6.45, 7) is 2.07. The van der Waals surface area contributed by atoms with E-state index >= 15 is 0 Å². The van der Waals surface area contributed by atoms with Gasteiger partial charge < -0.3 is 15.7 Å². The number of hydrogen-bond acceptors (Lipinski definition) is 3. The van der Waals surface area contributed by atoms with Gasteiger partial charge in [0.15, 0.2) is 0 Å². The lowest BCUT2D eigenvalue weighted by Gasteiger charge is -2.29. The maximum Gasteiger partial charge on any atom is 0.313 e. The predicted octanol–water partition coefficient (Wildman–Crippen LogP) is 2.68. The maximum absolute atomic E-state index is 11.9. The zero-order valence-electron chi connectivity index (χ0n) is 11.9. The molecule has 1 aromatic rings. The average Bonchev–Trinajstić information content (AvgIpc) is 2.45. The van der Waals surface area contributed by atoms with E-state index in [1.807, 2.05) is 0 Å². The van der Waals surface area contributed by atoms with Crippen LogP contribution >= 0.6 is 11.6 Å². The zero-order valence-corrected chi connectivity index (χ0v) is 12.6. The van der Waals surface area contributed by atoms with Crippen LogP contribution in [0.25, 0.3) is 0 Å². The van der Waals surface area contributed by atoms with Crippen molar-refractivity contribution in [1.29, 1.82) is 0 Å². The Hall–Kier alpha value is -1.75. The second-order valence-corrected chi connectivity index (χ2v) is 5.89. The normalized spacial score (nSPS) is 21.6. The number of carbonyl (C=O) groups excluding carboxylic acids is 2. The standard InChI is InChI=1S/C15H19ClN2O3/c1-9-4-2-3-5-11(9)17-14(20)15(21)18-12-8-10(16)6-7-13(12)19/h6-9,11,19H,2-5H2,1H3,(H,17,20)(H,18,21). The summed E-state index contributed by atoms with van der Waals surface area (Å²) < 4.78 is 0. The predicted molar refractivity (Wildman–Crippen MR) is 81.3 cm³/mol. The van der Waals surface area contributed by atoms with Crippen LogP contribution in [0.2, 0.25) is 5.02 Å². The van der Waals surface area contributed by atoms with Gasteiger partial charge in [0.2, 0.25) is 0 Å². The van der Waals surface area contributed by atoms with Crippen LogP contribution in [0.1, 0.15) is 32.6 Å². The van der Waals surface area contributed by atoms with Crippen LogP contribution in [-0.2, 0) is 9.59 Å². The molecule has 0 saturated heterocycles. The molecule has 2 unspecified atom stereocenters. The number of aromatic hydroxyl groups is 1. The molecule has 3 N–H and O–H groups in total. The van der Waals surface area contributed by atoms with Crippen LogP contribution in [0.4, 0.5) is 5.69 Å². The van der Waals surface area contributed by atoms with Crippen molar-refractivity contribution in [3.05, 3.63) is 23.2 Å². The van der Waals surface area contributed by atoms with E-state index in [4.69, 9.17) is 11.6 Å². The third kappa shape index (κ3) is 4.11. The third-order valence-corrected chi connectivity index (χ3v) is 4.08. The molecule has 0 spiro atoms. The fourth-order valence-corrected chi connectivity index (χ4v) is 2.72. The largest absolute Gasteiger partial charge is 0.506 e. The van der Waals surface area contributed by atoms with Crippen molar-refractivity contribution in [2.75, 3.05) is 5.32 Å². The van der Waals surface area contributed by atoms with Crippen LogP contribution in [0.3, 0.4) is 0 Å². The molecule has 1 aliphatic carbocycles. The maximum atomic E-state index is 11.9. The molecule has 0 heterocycles. The summed E-state index contributed by atoms with van der Waals surface area (Å²) in [5, 5.41) is 15.1. The summed E-state index contributed by atoms with van der Waals surface area (Å²) in [7, 11) is 0. The van der Waals surface area contributed by atoms with Gasteiger partial charge in [0.05, 0.1) is 5.69 Å². The molecule has 114 valence electrons. The molecule has 5 nitrogen and oxygen atoms in total. The van der Waals surface area contributed by atoms with Crippen molar-refractivity contribution in [3.8, 4) is 5.75 Å². The van der Waals surface area contributed by atoms with Crippen molar-refractivity contribution in [1.82, 2.24) is 5.32 Å². The van der Waals surface area contributed by atoms with Gasteiger partial charge in [-0.25, -0.2) is 0 Å². The molecule has 0 radical (unpaired) electrons. The van der Waals surface area contributed by atoms with E-state index in [0.29, 0.717) is 10.9 Å². The van der Waals surface area contributed by atoms with E-state index in [1.54, 1.807) is 0 Å². The Morgan fingerprint density at radius 1 is 1.24 bits per heavy atom. The van der Waals surface area contributed by atoms with E-state index in [2.05, 4.69) is 17.6 Å². The lowest BCUT2D eigenvalue weighted by atomic mass is 9.86. The second kappa shape index (κ2) is 6.80. The first-order valence-corrected chi connectivity index (χ1v) is 7.45. The van der Waals surface area contributed by atoms with Crippen LogP contribution in [-0.4, -0.2) is 23.0 Å². The molecule has 2 rings (SSSR count). The molecule has 0 aromatic heterocycles. The highest BCUT2D eigenvalue weighted by Gasteiger charge is 2.25. The Balaban J connectivity index is 1.96. The third-order valence-electron chi connectivity index (χ3n) is 3.84. The summed E-state index contributed by atoms with van der Waals surface area (Å²) in [5.41, 5.74) is 0.124. The van der Waals surface area contributed by atoms with Gasteiger partial charge in [-0.1, -0.05) is 31.4 Å². The van der Waals surface area contributed by atoms with Crippen molar-refractivity contribution in [2.24, 2.45) is 5.92 Å². The number of phenols is 1. The highest BCUT2D eigenvalue weighted by Crippen LogP contribution is 2.27. The molecule has 1 saturated carbocycles. The quantitative estimate of drug-likeness (QED) is 0.580. The van der Waals surface area contributed by atoms with E-state index in [0.717, 1.165) is 25.7 Å². The molecule has 1 aliphatic rings. The summed E-state index contributed by atoms with van der Waals surface area (Å²) >= 11 is 5.79. The molecular formula is C15H19ClN2O3. The number of rotatable bonds is 2. The van der Waals surface area contributed by atoms with Gasteiger partial charge in [0.25, 0.3) is 0 Å². The summed E-state index contributed by atoms with van der Waals surface area (Å²) in [5.74, 6) is -1.25. The lowest BCUT2D eigenvalue weighted by molar-refractivity contribution is -0.137. The van der Waals surface area contributed by atoms with E-state index in [1.165, 1.54) is 18.2 Å². The van der Waals surface area contributed by atoms with Gasteiger partial charge in [-0.2, -0.15) is 0 Å². The van der Waals surface area contributed by atoms with Crippen LogP contribution in [0.5, 0.6) is 5.75 Å². The fraction of sp³-hybridized carbons (Fsp3) is 0.467. The van der Waals surface area contributed by atoms with Crippen molar-refractivity contribution in [3.63, 3.8) is 0 Å². The minimum atomic E-state index is -0.801. The van der Waals surface area contributed by atoms with Gasteiger partial charge in [-0.3, -0.25) is 9.59 Å². The molecular weight excluding hydrogens is 292 g/mol. The molecule has 1 aromatic carbocycles. The Morgan fingerprint density at radius 3 is 2.67 bits per heavy atom. The smallest absolute Gasteiger partial charge is 0.313 e. The molecule has 21 heavy (non-hydrogen) atoms. The second-order valence-electron chi connectivity index (χ2n) is 5.46. The molecule has 6 heteroatoms. The minimum absolute atomic E-state index is 0.0324. The van der Waals surface area contributed by atoms with Gasteiger partial charge in [0, 0.05) is 11.1 Å². The van der Waals surface area contributed by atoms with Crippen molar-refractivity contribution >= 4 is 29.1 Å². The lowest BCUT2D eigenvalue weighted by Crippen LogP contribution is -2.45. The van der Waals surface area contributed by atoms with E-state index in [9.17, 15) is 14.7 Å². The van der Waals surface area contributed by atoms with Crippen LogP contribution in [0, 0.1) is 5.92 Å². The molecule has 1 fully saturated rings. The first-order valence-electron chi connectivity index (χ1n) is 7.07. The number of nitrogens with one attached hydrogen (secondary N) is 2. The number of benzene rings is 1. The highest BCUT2D eigenvalue weighted by atomic mass is 35.5. The summed E-state index contributed by atoms with van der Waals surface area (Å²) in [6.07, 6.45) is 4.17. The fourth-order valence-electron chi connectivity index (χ4n) is 2.55. The zero-order chi connectivity index (χ0) is 15.4. The number of hydrogen-bond donors (Lipinski definition) is 3. The SMILES string of the molecule is CC1CCCCC1NC(=O)C(=O)Nc1cc(Cl)ccc1O. The highest BCUT2D eigenvalue weighted by molar-refractivity contribution is 6.40. The van der Waals surface area contributed by atoms with Crippen LogP contribution in [0.15, 0.2) is 18.2 Å². The number of phenolic OH excluding ortho intramolecular Hbond substituents is 1. The molecule has 2 amide bonds. The van der Waals surface area contributed by atoms with Gasteiger partial charge >= 0.3 is 11.8 Å². The number of amides is 2. The molecule has 0 bridgehead atoms. The Morgan fingerprint density at radius 2 is 1.95 bits per heavy atom. The number of carbonyl (C=O) groups is 2. The monoisotopic (exact) mass is 310 g/mol. The first-order chi connectivity index (χ1) is 9.97. The van der Waals surface area contributed by atoms with Gasteiger partial charge in [0.1, 0.15) is 5.75 Å². The summed E-state index contributed by atoms with van der Waals surface area (Å²) in [4.78, 5) is 23.8. The number of halogens is 1. The van der Waals surface area contributed by atoms with Crippen LogP contribution < -0.4 is 10.6 Å². The van der Waals surface area contributed by atoms with Crippen molar-refractivity contribution < 1.29 is 14.7 Å². The average molecular weight is 311 g/mol. The first kappa shape index (κ1) is 15.6. The van der Waals surface area contributed by atoms with Crippen molar-refractivity contribution in [2.45, 2.75) is 38.6 Å². The van der Waals surface area contributed by atoms with Gasteiger partial charge in [-0.15, -0.1) is 0 Å². The number of anilines is 1. The van der Waals surface area contributed by atoms with E-state index < -0.39 is 11.8 Å². The Bertz CT molecular complexity index is 548. The molecule has 0 aliphatic heterocycles. The topological polar surface area (TPSA) is 78.4 Å². The minimum Gasteiger partial charge on any atom is -0.506 e. The summed E-state index contributed by atoms with van der Waals surface area (Å²) in [6, 6.07) is 4.28. The Kier molecular flexibility index (Phi) is 5.07. The molecule has 2 atom stereocenters. The van der Waals surface area contributed by atoms with Gasteiger partial charge in [-0.05, 0) is 37.0 Å². The Labute approximate surface area is 128 Å².